The normalized spacial score (nSPS) is 15.1. The van der Waals surface area contributed by atoms with Crippen LogP contribution < -0.4 is 5.73 Å². The van der Waals surface area contributed by atoms with E-state index >= 15 is 0 Å². The van der Waals surface area contributed by atoms with Crippen LogP contribution in [0.5, 0.6) is 5.75 Å². The van der Waals surface area contributed by atoms with Crippen molar-refractivity contribution in [2.24, 2.45) is 10.7 Å². The van der Waals surface area contributed by atoms with Crippen molar-refractivity contribution >= 4 is 23.0 Å². The van der Waals surface area contributed by atoms with Gasteiger partial charge in [-0.3, -0.25) is 0 Å². The number of rotatable bonds is 0. The number of nitrogens with two attached hydrogens (primary N) is 1. The van der Waals surface area contributed by atoms with Crippen molar-refractivity contribution in [2.75, 3.05) is 0 Å². The molecule has 0 radical (unpaired) electrons. The van der Waals surface area contributed by atoms with E-state index in [1.165, 1.54) is 0 Å². The number of thiocarbonyl (C=S) groups is 1. The van der Waals surface area contributed by atoms with E-state index in [0.717, 1.165) is 11.1 Å². The number of benzene rings is 1. The van der Waals surface area contributed by atoms with E-state index in [-0.39, 0.29) is 5.75 Å². The van der Waals surface area contributed by atoms with E-state index in [1.54, 1.807) is 18.2 Å². The summed E-state index contributed by atoms with van der Waals surface area (Å²) in [7, 11) is 0. The third-order valence-corrected chi connectivity index (χ3v) is 2.19. The molecule has 0 aromatic heterocycles. The molecule has 1 aromatic rings. The molecule has 0 amide bonds. The van der Waals surface area contributed by atoms with Gasteiger partial charge >= 0.3 is 0 Å². The minimum atomic E-state index is 0.233. The van der Waals surface area contributed by atoms with E-state index in [2.05, 4.69) is 4.99 Å². The first-order chi connectivity index (χ1) is 6.16. The maximum absolute atomic E-state index is 9.24. The maximum Gasteiger partial charge on any atom is 0.132 e. The van der Waals surface area contributed by atoms with Gasteiger partial charge in [0, 0.05) is 12.0 Å². The molecule has 0 fully saturated rings. The van der Waals surface area contributed by atoms with Gasteiger partial charge in [0.2, 0.25) is 0 Å². The molecule has 0 atom stereocenters. The summed E-state index contributed by atoms with van der Waals surface area (Å²) in [5.74, 6) is 0.669. The van der Waals surface area contributed by atoms with E-state index < -0.39 is 0 Å². The number of hydrogen-bond donors (Lipinski definition) is 2. The summed E-state index contributed by atoms with van der Waals surface area (Å²) < 4.78 is 0. The lowest BCUT2D eigenvalue weighted by molar-refractivity contribution is 0.474. The summed E-state index contributed by atoms with van der Waals surface area (Å²) in [6, 6.07) is 5.02. The van der Waals surface area contributed by atoms with Crippen LogP contribution in [0.3, 0.4) is 0 Å². The summed E-state index contributed by atoms with van der Waals surface area (Å²) in [6.45, 7) is 0. The Morgan fingerprint density at radius 2 is 2.23 bits per heavy atom. The monoisotopic (exact) mass is 192 g/mol. The molecule has 0 spiro atoms. The van der Waals surface area contributed by atoms with Gasteiger partial charge in [0.15, 0.2) is 0 Å². The highest BCUT2D eigenvalue weighted by molar-refractivity contribution is 7.80. The molecule has 66 valence electrons. The zero-order valence-corrected chi connectivity index (χ0v) is 7.64. The van der Waals surface area contributed by atoms with Gasteiger partial charge in [-0.05, 0) is 23.8 Å². The smallest absolute Gasteiger partial charge is 0.132 e. The van der Waals surface area contributed by atoms with Crippen molar-refractivity contribution < 1.29 is 5.11 Å². The first-order valence-electron chi connectivity index (χ1n) is 3.86. The topological polar surface area (TPSA) is 58.6 Å². The van der Waals surface area contributed by atoms with Crippen LogP contribution in [0, 0.1) is 0 Å². The van der Waals surface area contributed by atoms with Gasteiger partial charge in [-0.25, -0.2) is 4.99 Å². The van der Waals surface area contributed by atoms with E-state index in [4.69, 9.17) is 18.0 Å². The summed E-state index contributed by atoms with van der Waals surface area (Å²) in [6.07, 6.45) is 0.583. The number of hydrogen-bond acceptors (Lipinski definition) is 3. The van der Waals surface area contributed by atoms with Gasteiger partial charge in [0.05, 0.1) is 0 Å². The predicted octanol–water partition coefficient (Wildman–Crippen LogP) is 0.981. The molecule has 0 saturated carbocycles. The average Bonchev–Trinajstić information content (AvgIpc) is 2.02. The Hall–Kier alpha value is -1.42. The van der Waals surface area contributed by atoms with Gasteiger partial charge in [0.25, 0.3) is 0 Å². The SMILES string of the molecule is NC1=NC(=S)Cc2cc(O)ccc21. The van der Waals surface area contributed by atoms with Crippen molar-refractivity contribution in [3.05, 3.63) is 29.3 Å². The Morgan fingerprint density at radius 3 is 3.00 bits per heavy atom. The van der Waals surface area contributed by atoms with Crippen molar-refractivity contribution in [3.8, 4) is 5.75 Å². The molecule has 2 rings (SSSR count). The summed E-state index contributed by atoms with van der Waals surface area (Å²) in [5, 5.41) is 9.24. The molecule has 0 saturated heterocycles. The molecule has 3 nitrogen and oxygen atoms in total. The van der Waals surface area contributed by atoms with Crippen LogP contribution in [0.1, 0.15) is 11.1 Å². The number of aliphatic imine (C=N–C) groups is 1. The average molecular weight is 192 g/mol. The summed E-state index contributed by atoms with van der Waals surface area (Å²) >= 11 is 4.95. The number of aromatic hydroxyl groups is 1. The molecule has 13 heavy (non-hydrogen) atoms. The second-order valence-corrected chi connectivity index (χ2v) is 3.38. The minimum Gasteiger partial charge on any atom is -0.508 e. The molecule has 1 heterocycles. The van der Waals surface area contributed by atoms with Gasteiger partial charge < -0.3 is 10.8 Å². The molecular weight excluding hydrogens is 184 g/mol. The van der Waals surface area contributed by atoms with E-state index in [1.807, 2.05) is 0 Å². The Balaban J connectivity index is 2.60. The standard InChI is InChI=1S/C9H8N2OS/c10-9-7-2-1-6(12)3-5(7)4-8(13)11-9/h1-3,12H,4H2,(H2,10,11,13). The Kier molecular flexibility index (Phi) is 1.77. The van der Waals surface area contributed by atoms with Gasteiger partial charge in [-0.15, -0.1) is 0 Å². The molecule has 0 aliphatic carbocycles. The highest BCUT2D eigenvalue weighted by Gasteiger charge is 2.14. The number of nitrogens with zero attached hydrogens (tertiary/aromatic N) is 1. The molecular formula is C9H8N2OS. The lowest BCUT2D eigenvalue weighted by Gasteiger charge is -2.13. The fourth-order valence-corrected chi connectivity index (χ4v) is 1.63. The van der Waals surface area contributed by atoms with Crippen molar-refractivity contribution in [3.63, 3.8) is 0 Å². The lowest BCUT2D eigenvalue weighted by atomic mass is 10.0. The zero-order chi connectivity index (χ0) is 9.42. The molecule has 3 N–H and O–H groups in total. The largest absolute Gasteiger partial charge is 0.508 e. The Morgan fingerprint density at radius 1 is 1.46 bits per heavy atom. The molecule has 1 aliphatic rings. The van der Waals surface area contributed by atoms with Crippen LogP contribution in [-0.4, -0.2) is 15.9 Å². The van der Waals surface area contributed by atoms with Gasteiger partial charge in [-0.1, -0.05) is 12.2 Å². The Labute approximate surface area is 80.9 Å². The van der Waals surface area contributed by atoms with Crippen LogP contribution in [0.2, 0.25) is 0 Å². The molecule has 0 unspecified atom stereocenters. The highest BCUT2D eigenvalue weighted by Crippen LogP contribution is 2.20. The number of fused-ring (bicyclic) bond motifs is 1. The van der Waals surface area contributed by atoms with Gasteiger partial charge in [0.1, 0.15) is 16.6 Å². The molecule has 4 heteroatoms. The third-order valence-electron chi connectivity index (χ3n) is 1.95. The fourth-order valence-electron chi connectivity index (χ4n) is 1.37. The minimum absolute atomic E-state index is 0.233. The summed E-state index contributed by atoms with van der Waals surface area (Å²) in [4.78, 5) is 4.56. The van der Waals surface area contributed by atoms with Crippen LogP contribution in [0.4, 0.5) is 0 Å². The molecule has 0 bridgehead atoms. The maximum atomic E-state index is 9.24. The second-order valence-electron chi connectivity index (χ2n) is 2.91. The van der Waals surface area contributed by atoms with Crippen molar-refractivity contribution in [2.45, 2.75) is 6.42 Å². The zero-order valence-electron chi connectivity index (χ0n) is 6.82. The molecule has 1 aromatic carbocycles. The van der Waals surface area contributed by atoms with Crippen molar-refractivity contribution in [1.29, 1.82) is 0 Å². The third kappa shape index (κ3) is 1.40. The Bertz CT molecular complexity index is 412. The van der Waals surface area contributed by atoms with Crippen LogP contribution in [0.15, 0.2) is 23.2 Å². The van der Waals surface area contributed by atoms with Gasteiger partial charge in [-0.2, -0.15) is 0 Å². The van der Waals surface area contributed by atoms with Crippen molar-refractivity contribution in [1.82, 2.24) is 0 Å². The number of phenolic OH excluding ortho intramolecular Hbond substituents is 1. The van der Waals surface area contributed by atoms with Crippen LogP contribution in [0.25, 0.3) is 0 Å². The number of amidine groups is 1. The van der Waals surface area contributed by atoms with Crippen LogP contribution in [-0.2, 0) is 6.42 Å². The second kappa shape index (κ2) is 2.81. The van der Waals surface area contributed by atoms with Crippen LogP contribution >= 0.6 is 12.2 Å². The first kappa shape index (κ1) is 8.19. The predicted molar refractivity (Wildman–Crippen MR) is 55.1 cm³/mol. The molecule has 1 aliphatic heterocycles. The summed E-state index contributed by atoms with van der Waals surface area (Å²) in [5.41, 5.74) is 7.48. The lowest BCUT2D eigenvalue weighted by Crippen LogP contribution is -2.22. The highest BCUT2D eigenvalue weighted by atomic mass is 32.1. The van der Waals surface area contributed by atoms with E-state index in [9.17, 15) is 5.11 Å². The van der Waals surface area contributed by atoms with E-state index in [0.29, 0.717) is 17.2 Å². The number of phenols is 1. The fraction of sp³-hybridized carbons (Fsp3) is 0.111. The quantitative estimate of drug-likeness (QED) is 0.602. The first-order valence-corrected chi connectivity index (χ1v) is 4.27.